The van der Waals surface area contributed by atoms with Crippen LogP contribution in [0.15, 0.2) is 30.3 Å². The van der Waals surface area contributed by atoms with E-state index in [-0.39, 0.29) is 5.92 Å². The lowest BCUT2D eigenvalue weighted by molar-refractivity contribution is 0.0153. The van der Waals surface area contributed by atoms with Crippen LogP contribution >= 0.6 is 0 Å². The van der Waals surface area contributed by atoms with Gasteiger partial charge >= 0.3 is 0 Å². The Balaban J connectivity index is 1.58. The number of fused-ring (bicyclic) bond motifs is 1. The number of aromatic nitrogens is 1. The first-order valence-electron chi connectivity index (χ1n) is 7.66. The molecule has 1 heterocycles. The van der Waals surface area contributed by atoms with Crippen LogP contribution < -0.4 is 5.73 Å². The molecule has 5 atom stereocenters. The van der Waals surface area contributed by atoms with Crippen molar-refractivity contribution in [2.24, 2.45) is 11.8 Å². The summed E-state index contributed by atoms with van der Waals surface area (Å²) in [6.45, 7) is 0. The van der Waals surface area contributed by atoms with E-state index in [0.29, 0.717) is 17.7 Å². The van der Waals surface area contributed by atoms with Gasteiger partial charge in [0.1, 0.15) is 5.82 Å². The minimum absolute atomic E-state index is 0.245. The van der Waals surface area contributed by atoms with Gasteiger partial charge in [-0.25, -0.2) is 4.98 Å². The van der Waals surface area contributed by atoms with E-state index in [1.165, 1.54) is 5.56 Å². The lowest BCUT2D eigenvalue weighted by Gasteiger charge is -2.16. The summed E-state index contributed by atoms with van der Waals surface area (Å²) in [7, 11) is 0. The monoisotopic (exact) mass is 284 g/mol. The van der Waals surface area contributed by atoms with Crippen LogP contribution in [-0.2, 0) is 0 Å². The van der Waals surface area contributed by atoms with Crippen LogP contribution in [0.1, 0.15) is 30.7 Å². The van der Waals surface area contributed by atoms with Gasteiger partial charge in [0, 0.05) is 5.39 Å². The van der Waals surface area contributed by atoms with E-state index < -0.39 is 12.2 Å². The van der Waals surface area contributed by atoms with Crippen molar-refractivity contribution in [1.29, 1.82) is 0 Å². The first-order chi connectivity index (χ1) is 10.1. The van der Waals surface area contributed by atoms with Crippen molar-refractivity contribution in [3.05, 3.63) is 35.9 Å². The molecular weight excluding hydrogens is 264 g/mol. The van der Waals surface area contributed by atoms with Gasteiger partial charge in [0.2, 0.25) is 0 Å². The molecule has 2 aliphatic rings. The second-order valence-electron chi connectivity index (χ2n) is 6.49. The third kappa shape index (κ3) is 2.19. The number of hydrogen-bond donors (Lipinski definition) is 3. The summed E-state index contributed by atoms with van der Waals surface area (Å²) in [4.78, 5) is 4.38. The molecule has 2 aliphatic carbocycles. The second kappa shape index (κ2) is 4.68. The highest BCUT2D eigenvalue weighted by atomic mass is 16.3. The van der Waals surface area contributed by atoms with E-state index in [4.69, 9.17) is 5.73 Å². The second-order valence-corrected chi connectivity index (χ2v) is 6.49. The molecule has 0 saturated heterocycles. The average molecular weight is 284 g/mol. The minimum Gasteiger partial charge on any atom is -0.390 e. The zero-order valence-electron chi connectivity index (χ0n) is 11.8. The van der Waals surface area contributed by atoms with Crippen molar-refractivity contribution in [3.63, 3.8) is 0 Å². The molecule has 0 bridgehead atoms. The molecule has 2 fully saturated rings. The Morgan fingerprint density at radius 2 is 1.86 bits per heavy atom. The maximum Gasteiger partial charge on any atom is 0.124 e. The molecule has 2 saturated carbocycles. The van der Waals surface area contributed by atoms with Gasteiger partial charge in [-0.2, -0.15) is 0 Å². The van der Waals surface area contributed by atoms with Gasteiger partial charge in [-0.1, -0.05) is 12.1 Å². The molecule has 110 valence electrons. The first-order valence-corrected chi connectivity index (χ1v) is 7.66. The summed E-state index contributed by atoms with van der Waals surface area (Å²) in [6, 6.07) is 10.2. The maximum atomic E-state index is 10.1. The van der Waals surface area contributed by atoms with Crippen LogP contribution in [0.4, 0.5) is 5.82 Å². The fraction of sp³-hybridized carbons (Fsp3) is 0.471. The number of nitrogens with zero attached hydrogens (tertiary/aromatic N) is 1. The summed E-state index contributed by atoms with van der Waals surface area (Å²) in [6.07, 6.45) is 1.68. The number of pyridine rings is 1. The molecular formula is C17H20N2O2. The average Bonchev–Trinajstić information content (AvgIpc) is 3.20. The van der Waals surface area contributed by atoms with E-state index in [1.807, 2.05) is 12.1 Å². The fourth-order valence-electron chi connectivity index (χ4n) is 3.91. The van der Waals surface area contributed by atoms with Gasteiger partial charge < -0.3 is 15.9 Å². The van der Waals surface area contributed by atoms with Gasteiger partial charge in [0.15, 0.2) is 0 Å². The van der Waals surface area contributed by atoms with E-state index >= 15 is 0 Å². The summed E-state index contributed by atoms with van der Waals surface area (Å²) < 4.78 is 0. The summed E-state index contributed by atoms with van der Waals surface area (Å²) >= 11 is 0. The highest BCUT2D eigenvalue weighted by Gasteiger charge is 2.49. The summed E-state index contributed by atoms with van der Waals surface area (Å²) in [5.74, 6) is 1.77. The highest BCUT2D eigenvalue weighted by molar-refractivity contribution is 5.80. The molecule has 4 unspecified atom stereocenters. The molecule has 1 aromatic carbocycles. The van der Waals surface area contributed by atoms with E-state index in [0.717, 1.165) is 30.2 Å². The van der Waals surface area contributed by atoms with Gasteiger partial charge in [0.25, 0.3) is 0 Å². The molecule has 4 N–H and O–H groups in total. The summed E-state index contributed by atoms with van der Waals surface area (Å²) in [5.41, 5.74) is 7.97. The number of anilines is 1. The topological polar surface area (TPSA) is 79.4 Å². The van der Waals surface area contributed by atoms with Gasteiger partial charge in [0.05, 0.1) is 17.7 Å². The molecule has 0 amide bonds. The first kappa shape index (κ1) is 13.0. The number of aliphatic hydroxyl groups excluding tert-OH is 2. The molecule has 4 heteroatoms. The predicted octanol–water partition coefficient (Wildman–Crippen LogP) is 2.05. The van der Waals surface area contributed by atoms with E-state index in [1.54, 1.807) is 0 Å². The normalized spacial score (nSPS) is 35.2. The van der Waals surface area contributed by atoms with Crippen molar-refractivity contribution >= 4 is 16.7 Å². The largest absolute Gasteiger partial charge is 0.390 e. The Morgan fingerprint density at radius 3 is 2.62 bits per heavy atom. The highest BCUT2D eigenvalue weighted by Crippen LogP contribution is 2.56. The molecule has 1 aromatic heterocycles. The van der Waals surface area contributed by atoms with E-state index in [2.05, 4.69) is 23.2 Å². The Hall–Kier alpha value is -1.65. The van der Waals surface area contributed by atoms with Crippen LogP contribution in [-0.4, -0.2) is 27.4 Å². The quantitative estimate of drug-likeness (QED) is 0.788. The Labute approximate surface area is 123 Å². The third-order valence-corrected chi connectivity index (χ3v) is 5.18. The summed E-state index contributed by atoms with van der Waals surface area (Å²) in [5, 5.41) is 20.9. The number of nitrogens with two attached hydrogens (primary N) is 1. The molecule has 4 nitrogen and oxygen atoms in total. The molecule has 0 aliphatic heterocycles. The van der Waals surface area contributed by atoms with Crippen molar-refractivity contribution < 1.29 is 10.2 Å². The van der Waals surface area contributed by atoms with Crippen LogP contribution in [0.25, 0.3) is 10.9 Å². The molecule has 4 rings (SSSR count). The minimum atomic E-state index is -0.547. The van der Waals surface area contributed by atoms with Crippen molar-refractivity contribution in [1.82, 2.24) is 4.98 Å². The number of hydrogen-bond acceptors (Lipinski definition) is 4. The third-order valence-electron chi connectivity index (χ3n) is 5.18. The van der Waals surface area contributed by atoms with Crippen molar-refractivity contribution in [3.8, 4) is 0 Å². The lowest BCUT2D eigenvalue weighted by atomic mass is 9.95. The fourth-order valence-corrected chi connectivity index (χ4v) is 3.91. The lowest BCUT2D eigenvalue weighted by Crippen LogP contribution is -2.26. The Kier molecular flexibility index (Phi) is 2.91. The van der Waals surface area contributed by atoms with Crippen molar-refractivity contribution in [2.75, 3.05) is 5.73 Å². The van der Waals surface area contributed by atoms with E-state index in [9.17, 15) is 10.2 Å². The van der Waals surface area contributed by atoms with Gasteiger partial charge in [-0.3, -0.25) is 0 Å². The van der Waals surface area contributed by atoms with Crippen LogP contribution in [0.2, 0.25) is 0 Å². The Morgan fingerprint density at radius 1 is 1.05 bits per heavy atom. The van der Waals surface area contributed by atoms with Gasteiger partial charge in [-0.05, 0) is 60.8 Å². The molecule has 21 heavy (non-hydrogen) atoms. The number of benzene rings is 1. The Bertz CT molecular complexity index is 688. The number of nitrogen functional groups attached to an aromatic ring is 1. The number of aliphatic hydroxyl groups is 2. The zero-order chi connectivity index (χ0) is 14.6. The van der Waals surface area contributed by atoms with Crippen LogP contribution in [0, 0.1) is 11.8 Å². The molecule has 0 spiro atoms. The van der Waals surface area contributed by atoms with Gasteiger partial charge in [-0.15, -0.1) is 0 Å². The standard InChI is InChI=1S/C17H20N2O2/c18-16-6-3-9-1-2-10(7-14(9)19-16)12-8-13(12)11-4-5-15(20)17(11)21/h1-3,6-7,11-13,15,17,20-21H,4-5,8H2,(H2,18,19)/t11?,12?,13-,15?,17?/m0/s1. The smallest absolute Gasteiger partial charge is 0.124 e. The maximum absolute atomic E-state index is 10.1. The van der Waals surface area contributed by atoms with Crippen molar-refractivity contribution in [2.45, 2.75) is 37.4 Å². The molecule has 0 radical (unpaired) electrons. The van der Waals surface area contributed by atoms with Crippen LogP contribution in [0.3, 0.4) is 0 Å². The SMILES string of the molecule is Nc1ccc2ccc(C3C[C@H]3C3CCC(O)C3O)cc2n1. The zero-order valence-corrected chi connectivity index (χ0v) is 11.8. The predicted molar refractivity (Wildman–Crippen MR) is 81.7 cm³/mol. The number of rotatable bonds is 2. The van der Waals surface area contributed by atoms with Crippen LogP contribution in [0.5, 0.6) is 0 Å². The molecule has 2 aromatic rings.